The van der Waals surface area contributed by atoms with E-state index in [-0.39, 0.29) is 0 Å². The number of hydrogen-bond acceptors (Lipinski definition) is 1. The van der Waals surface area contributed by atoms with E-state index in [1.54, 1.807) is 0 Å². The molecule has 0 atom stereocenters. The van der Waals surface area contributed by atoms with Crippen molar-refractivity contribution in [1.29, 1.82) is 0 Å². The number of imidazole rings is 1. The largest absolute Gasteiger partial charge is 0.306 e. The number of hydrogen-bond donors (Lipinski definition) is 0. The minimum atomic E-state index is 0.990. The Morgan fingerprint density at radius 2 is 2.31 bits per heavy atom. The number of pyridine rings is 1. The van der Waals surface area contributed by atoms with Crippen molar-refractivity contribution in [2.75, 3.05) is 0 Å². The molecule has 2 rings (SSSR count). The standard InChI is InChI=1S/C11H12N2/c1-8(2)11-10-6-9(3)4-5-13(10)7-12-11/h4-7H,1H2,2-3H3. The van der Waals surface area contributed by atoms with Gasteiger partial charge < -0.3 is 4.40 Å². The molecule has 0 spiro atoms. The van der Waals surface area contributed by atoms with Crippen molar-refractivity contribution < 1.29 is 0 Å². The first kappa shape index (κ1) is 8.05. The second-order valence-corrected chi connectivity index (χ2v) is 3.37. The zero-order chi connectivity index (χ0) is 9.42. The van der Waals surface area contributed by atoms with E-state index in [1.165, 1.54) is 5.56 Å². The van der Waals surface area contributed by atoms with Crippen molar-refractivity contribution in [1.82, 2.24) is 9.38 Å². The van der Waals surface area contributed by atoms with Gasteiger partial charge in [0.2, 0.25) is 0 Å². The van der Waals surface area contributed by atoms with E-state index in [0.29, 0.717) is 0 Å². The number of allylic oxidation sites excluding steroid dienone is 1. The summed E-state index contributed by atoms with van der Waals surface area (Å²) in [7, 11) is 0. The van der Waals surface area contributed by atoms with E-state index in [2.05, 4.69) is 30.6 Å². The fraction of sp³-hybridized carbons (Fsp3) is 0.182. The number of aryl methyl sites for hydroxylation is 1. The van der Waals surface area contributed by atoms with E-state index < -0.39 is 0 Å². The average molecular weight is 172 g/mol. The molecule has 0 aliphatic rings. The first-order valence-electron chi connectivity index (χ1n) is 4.27. The summed E-state index contributed by atoms with van der Waals surface area (Å²) in [6.07, 6.45) is 3.84. The van der Waals surface area contributed by atoms with E-state index in [9.17, 15) is 0 Å². The average Bonchev–Trinajstić information content (AvgIpc) is 2.46. The molecule has 0 aliphatic heterocycles. The van der Waals surface area contributed by atoms with Crippen LogP contribution in [0.2, 0.25) is 0 Å². The Kier molecular flexibility index (Phi) is 1.69. The van der Waals surface area contributed by atoms with Gasteiger partial charge in [0, 0.05) is 6.20 Å². The molecule has 2 aromatic heterocycles. The van der Waals surface area contributed by atoms with E-state index in [1.807, 2.05) is 23.8 Å². The predicted octanol–water partition coefficient (Wildman–Crippen LogP) is 2.68. The van der Waals surface area contributed by atoms with Gasteiger partial charge in [-0.3, -0.25) is 0 Å². The minimum absolute atomic E-state index is 0.990. The van der Waals surface area contributed by atoms with Crippen LogP contribution in [0.5, 0.6) is 0 Å². The number of aromatic nitrogens is 2. The molecule has 2 nitrogen and oxygen atoms in total. The van der Waals surface area contributed by atoms with Crippen LogP contribution in [0.4, 0.5) is 0 Å². The molecule has 0 aliphatic carbocycles. The van der Waals surface area contributed by atoms with Crippen LogP contribution >= 0.6 is 0 Å². The Hall–Kier alpha value is -1.57. The Morgan fingerprint density at radius 3 is 3.00 bits per heavy atom. The van der Waals surface area contributed by atoms with E-state index >= 15 is 0 Å². The molecule has 0 N–H and O–H groups in total. The maximum atomic E-state index is 4.30. The Labute approximate surface area is 77.5 Å². The zero-order valence-corrected chi connectivity index (χ0v) is 7.91. The molecule has 0 amide bonds. The number of fused-ring (bicyclic) bond motifs is 1. The van der Waals surface area contributed by atoms with Crippen LogP contribution in [0, 0.1) is 6.92 Å². The van der Waals surface area contributed by atoms with Crippen molar-refractivity contribution in [3.8, 4) is 0 Å². The van der Waals surface area contributed by atoms with Crippen molar-refractivity contribution in [3.63, 3.8) is 0 Å². The van der Waals surface area contributed by atoms with Gasteiger partial charge >= 0.3 is 0 Å². The van der Waals surface area contributed by atoms with Crippen molar-refractivity contribution >= 4 is 11.1 Å². The quantitative estimate of drug-likeness (QED) is 0.646. The van der Waals surface area contributed by atoms with Gasteiger partial charge in [0.15, 0.2) is 0 Å². The lowest BCUT2D eigenvalue weighted by molar-refractivity contribution is 1.14. The summed E-state index contributed by atoms with van der Waals surface area (Å²) < 4.78 is 2.01. The summed E-state index contributed by atoms with van der Waals surface area (Å²) in [4.78, 5) is 4.30. The molecular weight excluding hydrogens is 160 g/mol. The van der Waals surface area contributed by atoms with Gasteiger partial charge in [0.1, 0.15) is 0 Å². The summed E-state index contributed by atoms with van der Waals surface area (Å²) in [5, 5.41) is 0. The second kappa shape index (κ2) is 2.73. The van der Waals surface area contributed by atoms with Crippen LogP contribution in [-0.4, -0.2) is 9.38 Å². The van der Waals surface area contributed by atoms with Gasteiger partial charge in [-0.15, -0.1) is 0 Å². The van der Waals surface area contributed by atoms with Crippen LogP contribution in [0.25, 0.3) is 11.1 Å². The first-order valence-corrected chi connectivity index (χ1v) is 4.27. The normalized spacial score (nSPS) is 10.6. The Bertz CT molecular complexity index is 466. The number of rotatable bonds is 1. The van der Waals surface area contributed by atoms with Crippen LogP contribution in [-0.2, 0) is 0 Å². The van der Waals surface area contributed by atoms with Gasteiger partial charge in [-0.1, -0.05) is 6.58 Å². The Balaban J connectivity index is 2.79. The van der Waals surface area contributed by atoms with Gasteiger partial charge in [-0.25, -0.2) is 4.98 Å². The van der Waals surface area contributed by atoms with Crippen LogP contribution in [0.3, 0.4) is 0 Å². The monoisotopic (exact) mass is 172 g/mol. The highest BCUT2D eigenvalue weighted by molar-refractivity contribution is 5.73. The van der Waals surface area contributed by atoms with Gasteiger partial charge in [-0.2, -0.15) is 0 Å². The Morgan fingerprint density at radius 1 is 1.54 bits per heavy atom. The highest BCUT2D eigenvalue weighted by Gasteiger charge is 2.03. The molecule has 2 heteroatoms. The lowest BCUT2D eigenvalue weighted by Crippen LogP contribution is -1.84. The molecule has 0 aromatic carbocycles. The molecule has 0 unspecified atom stereocenters. The van der Waals surface area contributed by atoms with Crippen molar-refractivity contribution in [2.24, 2.45) is 0 Å². The summed E-state index contributed by atoms with van der Waals surface area (Å²) in [6.45, 7) is 7.96. The molecule has 0 radical (unpaired) electrons. The van der Waals surface area contributed by atoms with Crippen LogP contribution < -0.4 is 0 Å². The third-order valence-corrected chi connectivity index (χ3v) is 2.10. The maximum absolute atomic E-state index is 4.30. The zero-order valence-electron chi connectivity index (χ0n) is 7.91. The highest BCUT2D eigenvalue weighted by atomic mass is 15.0. The predicted molar refractivity (Wildman–Crippen MR) is 54.6 cm³/mol. The van der Waals surface area contributed by atoms with E-state index in [4.69, 9.17) is 0 Å². The van der Waals surface area contributed by atoms with Gasteiger partial charge in [0.05, 0.1) is 17.5 Å². The fourth-order valence-electron chi connectivity index (χ4n) is 1.42. The second-order valence-electron chi connectivity index (χ2n) is 3.37. The molecule has 2 aromatic rings. The molecule has 13 heavy (non-hydrogen) atoms. The molecular formula is C11H12N2. The molecule has 0 bridgehead atoms. The van der Waals surface area contributed by atoms with E-state index in [0.717, 1.165) is 16.8 Å². The van der Waals surface area contributed by atoms with Crippen molar-refractivity contribution in [2.45, 2.75) is 13.8 Å². The smallest absolute Gasteiger partial charge is 0.0999 e. The van der Waals surface area contributed by atoms with Crippen LogP contribution in [0.1, 0.15) is 18.2 Å². The van der Waals surface area contributed by atoms with Gasteiger partial charge in [-0.05, 0) is 37.1 Å². The number of nitrogens with zero attached hydrogens (tertiary/aromatic N) is 2. The SMILES string of the molecule is C=C(C)c1ncn2ccc(C)cc12. The van der Waals surface area contributed by atoms with Crippen molar-refractivity contribution in [3.05, 3.63) is 42.5 Å². The summed E-state index contributed by atoms with van der Waals surface area (Å²) in [5.41, 5.74) is 4.37. The molecule has 0 saturated heterocycles. The topological polar surface area (TPSA) is 17.3 Å². The lowest BCUT2D eigenvalue weighted by Gasteiger charge is -1.98. The third kappa shape index (κ3) is 1.24. The fourth-order valence-corrected chi connectivity index (χ4v) is 1.42. The van der Waals surface area contributed by atoms with Crippen LogP contribution in [0.15, 0.2) is 31.2 Å². The first-order chi connectivity index (χ1) is 6.18. The molecule has 66 valence electrons. The minimum Gasteiger partial charge on any atom is -0.306 e. The molecule has 2 heterocycles. The summed E-state index contributed by atoms with van der Waals surface area (Å²) in [5.74, 6) is 0. The lowest BCUT2D eigenvalue weighted by atomic mass is 10.2. The van der Waals surface area contributed by atoms with Gasteiger partial charge in [0.25, 0.3) is 0 Å². The summed E-state index contributed by atoms with van der Waals surface area (Å²) in [6, 6.07) is 4.19. The highest BCUT2D eigenvalue weighted by Crippen LogP contribution is 2.17. The molecule has 0 saturated carbocycles. The molecule has 0 fully saturated rings. The summed E-state index contributed by atoms with van der Waals surface area (Å²) >= 11 is 0. The third-order valence-electron chi connectivity index (χ3n) is 2.10. The maximum Gasteiger partial charge on any atom is 0.0999 e.